The minimum absolute atomic E-state index is 0.0216. The van der Waals surface area contributed by atoms with Crippen molar-refractivity contribution in [3.8, 4) is 0 Å². The number of hydrogen-bond donors (Lipinski definition) is 3. The minimum Gasteiger partial charge on any atom is -0.481 e. The smallest absolute Gasteiger partial charge is 0.307 e. The van der Waals surface area contributed by atoms with E-state index in [0.717, 1.165) is 18.7 Å². The molecule has 0 saturated carbocycles. The Morgan fingerprint density at radius 2 is 1.67 bits per heavy atom. The second-order valence-corrected chi connectivity index (χ2v) is 9.69. The van der Waals surface area contributed by atoms with Crippen molar-refractivity contribution < 1.29 is 23.9 Å². The zero-order chi connectivity index (χ0) is 28.1. The Hall–Kier alpha value is -4.50. The Labute approximate surface area is 226 Å². The lowest BCUT2D eigenvalue weighted by Crippen LogP contribution is -2.27. The quantitative estimate of drug-likeness (QED) is 0.329. The maximum Gasteiger partial charge on any atom is 0.307 e. The van der Waals surface area contributed by atoms with Crippen LogP contribution < -0.4 is 15.5 Å². The molecule has 9 heteroatoms. The first kappa shape index (κ1) is 27.5. The summed E-state index contributed by atoms with van der Waals surface area (Å²) in [5.41, 5.74) is 4.45. The lowest BCUT2D eigenvalue weighted by molar-refractivity contribution is -0.136. The van der Waals surface area contributed by atoms with Gasteiger partial charge >= 0.3 is 5.97 Å². The highest BCUT2D eigenvalue weighted by Crippen LogP contribution is 2.38. The van der Waals surface area contributed by atoms with Crippen LogP contribution in [0.5, 0.6) is 0 Å². The van der Waals surface area contributed by atoms with Crippen molar-refractivity contribution in [3.05, 3.63) is 89.2 Å². The lowest BCUT2D eigenvalue weighted by Gasteiger charge is -2.19. The van der Waals surface area contributed by atoms with Crippen LogP contribution in [-0.2, 0) is 20.8 Å². The number of nitrogens with zero attached hydrogens (tertiary/aromatic N) is 2. The molecule has 3 aromatic carbocycles. The van der Waals surface area contributed by atoms with Gasteiger partial charge in [0, 0.05) is 30.4 Å². The third-order valence-electron chi connectivity index (χ3n) is 6.47. The normalized spacial score (nSPS) is 13.6. The fraction of sp³-hybridized carbons (Fsp3) is 0.233. The molecule has 4 rings (SSSR count). The minimum atomic E-state index is -0.938. The van der Waals surface area contributed by atoms with Crippen molar-refractivity contribution in [2.45, 2.75) is 19.3 Å². The first-order chi connectivity index (χ1) is 18.6. The van der Waals surface area contributed by atoms with E-state index >= 15 is 0 Å². The highest BCUT2D eigenvalue weighted by molar-refractivity contribution is 6.37. The highest BCUT2D eigenvalue weighted by atomic mass is 19.1. The molecule has 0 aliphatic carbocycles. The predicted octanol–water partition coefficient (Wildman–Crippen LogP) is 4.69. The average molecular weight is 531 g/mol. The summed E-state index contributed by atoms with van der Waals surface area (Å²) in [6.07, 6.45) is 1.09. The number of carboxylic acid groups (broad SMARTS) is 1. The number of halogens is 1. The van der Waals surface area contributed by atoms with Gasteiger partial charge < -0.3 is 25.5 Å². The van der Waals surface area contributed by atoms with E-state index in [1.54, 1.807) is 42.3 Å². The van der Waals surface area contributed by atoms with E-state index in [1.807, 2.05) is 43.3 Å². The van der Waals surface area contributed by atoms with E-state index in [9.17, 15) is 18.8 Å². The van der Waals surface area contributed by atoms with Crippen LogP contribution in [0.1, 0.15) is 29.5 Å². The zero-order valence-corrected chi connectivity index (χ0v) is 22.1. The topological polar surface area (TPSA) is 102 Å². The number of carbonyl (C=O) groups is 3. The second kappa shape index (κ2) is 11.9. The fourth-order valence-corrected chi connectivity index (χ4v) is 4.41. The number of amides is 2. The van der Waals surface area contributed by atoms with Gasteiger partial charge in [0.25, 0.3) is 5.91 Å². The summed E-state index contributed by atoms with van der Waals surface area (Å²) in [5.74, 6) is -1.76. The molecular weight excluding hydrogens is 499 g/mol. The molecule has 0 saturated heterocycles. The molecule has 8 nitrogen and oxygen atoms in total. The van der Waals surface area contributed by atoms with Gasteiger partial charge in [-0.25, -0.2) is 4.39 Å². The van der Waals surface area contributed by atoms with Gasteiger partial charge in [0.1, 0.15) is 5.82 Å². The maximum atomic E-state index is 13.8. The molecule has 0 fully saturated rings. The van der Waals surface area contributed by atoms with E-state index in [4.69, 9.17) is 5.11 Å². The molecule has 0 aromatic heterocycles. The Morgan fingerprint density at radius 3 is 2.31 bits per heavy atom. The number of fused-ring (bicyclic) bond motifs is 1. The Balaban J connectivity index is 1.64. The van der Waals surface area contributed by atoms with Crippen LogP contribution in [-0.4, -0.2) is 55.5 Å². The Kier molecular flexibility index (Phi) is 8.41. The van der Waals surface area contributed by atoms with Crippen molar-refractivity contribution in [3.63, 3.8) is 0 Å². The van der Waals surface area contributed by atoms with Crippen LogP contribution in [0.15, 0.2) is 66.7 Å². The predicted molar refractivity (Wildman–Crippen MR) is 151 cm³/mol. The number of carboxylic acids is 1. The van der Waals surface area contributed by atoms with E-state index in [1.165, 1.54) is 12.1 Å². The third kappa shape index (κ3) is 6.69. The summed E-state index contributed by atoms with van der Waals surface area (Å²) in [4.78, 5) is 40.4. The van der Waals surface area contributed by atoms with Crippen LogP contribution in [0.2, 0.25) is 0 Å². The van der Waals surface area contributed by atoms with Crippen molar-refractivity contribution in [2.24, 2.45) is 0 Å². The molecule has 39 heavy (non-hydrogen) atoms. The molecule has 2 amide bonds. The summed E-state index contributed by atoms with van der Waals surface area (Å²) < 4.78 is 13.8. The Bertz CT molecular complexity index is 1420. The molecule has 3 aromatic rings. The van der Waals surface area contributed by atoms with Crippen LogP contribution in [0.4, 0.5) is 21.5 Å². The molecule has 0 atom stereocenters. The first-order valence-corrected chi connectivity index (χ1v) is 12.6. The lowest BCUT2D eigenvalue weighted by atomic mass is 9.98. The van der Waals surface area contributed by atoms with Crippen LogP contribution in [0, 0.1) is 5.82 Å². The average Bonchev–Trinajstić information content (AvgIpc) is 3.21. The molecule has 0 bridgehead atoms. The van der Waals surface area contributed by atoms with E-state index in [0.29, 0.717) is 45.8 Å². The first-order valence-electron chi connectivity index (χ1n) is 12.6. The fourth-order valence-electron chi connectivity index (χ4n) is 4.41. The van der Waals surface area contributed by atoms with Gasteiger partial charge in [-0.1, -0.05) is 24.3 Å². The third-order valence-corrected chi connectivity index (χ3v) is 6.47. The number of benzene rings is 3. The molecule has 0 radical (unpaired) electrons. The van der Waals surface area contributed by atoms with Crippen molar-refractivity contribution in [1.82, 2.24) is 4.90 Å². The van der Waals surface area contributed by atoms with Crippen molar-refractivity contribution in [2.75, 3.05) is 43.2 Å². The molecule has 1 aliphatic heterocycles. The van der Waals surface area contributed by atoms with E-state index in [2.05, 4.69) is 10.6 Å². The number of rotatable bonds is 10. The maximum absolute atomic E-state index is 13.8. The van der Waals surface area contributed by atoms with Gasteiger partial charge in [0.2, 0.25) is 5.91 Å². The van der Waals surface area contributed by atoms with Crippen LogP contribution in [0.25, 0.3) is 11.3 Å². The van der Waals surface area contributed by atoms with Crippen molar-refractivity contribution in [1.29, 1.82) is 0 Å². The molecular formula is C30H31FN4O4. The summed E-state index contributed by atoms with van der Waals surface area (Å²) in [6.45, 7) is 0.834. The number of hydrogen-bond acceptors (Lipinski definition) is 5. The summed E-state index contributed by atoms with van der Waals surface area (Å²) in [5, 5.41) is 15.2. The number of nitrogens with one attached hydrogen (secondary N) is 2. The molecule has 1 aliphatic rings. The van der Waals surface area contributed by atoms with Gasteiger partial charge in [0.15, 0.2) is 0 Å². The molecule has 1 heterocycles. The number of anilines is 3. The molecule has 0 unspecified atom stereocenters. The Morgan fingerprint density at radius 1 is 0.974 bits per heavy atom. The highest BCUT2D eigenvalue weighted by Gasteiger charge is 2.29. The molecule has 202 valence electrons. The van der Waals surface area contributed by atoms with Gasteiger partial charge in [-0.2, -0.15) is 0 Å². The zero-order valence-electron chi connectivity index (χ0n) is 22.1. The van der Waals surface area contributed by atoms with Crippen molar-refractivity contribution >= 4 is 46.1 Å². The van der Waals surface area contributed by atoms with Gasteiger partial charge in [-0.15, -0.1) is 0 Å². The number of aliphatic carboxylic acids is 1. The van der Waals surface area contributed by atoms with Crippen LogP contribution in [0.3, 0.4) is 0 Å². The SMILES string of the molecule is CN(C)CCCC(=O)N(C)c1ccc(N/C(=C2\C(=O)Nc3cc(F)ccc32)c2ccc(CC(=O)O)cc2)cc1. The van der Waals surface area contributed by atoms with E-state index < -0.39 is 11.8 Å². The monoisotopic (exact) mass is 530 g/mol. The standard InChI is InChI=1S/C30H31FN4O4/c1-34(2)16-4-5-26(36)35(3)23-13-11-22(12-14-23)32-29(20-8-6-19(7-9-20)17-27(37)38)28-24-15-10-21(31)18-25(24)33-30(28)39/h6-15,18,32H,4-5,16-17H2,1-3H3,(H,33,39)(H,37,38)/b29-28-. The van der Waals surface area contributed by atoms with Crippen LogP contribution >= 0.6 is 0 Å². The second-order valence-electron chi connectivity index (χ2n) is 9.69. The van der Waals surface area contributed by atoms with Gasteiger partial charge in [-0.05, 0) is 80.7 Å². The van der Waals surface area contributed by atoms with Gasteiger partial charge in [-0.3, -0.25) is 14.4 Å². The molecule has 3 N–H and O–H groups in total. The summed E-state index contributed by atoms with van der Waals surface area (Å²) in [6, 6.07) is 18.3. The largest absolute Gasteiger partial charge is 0.481 e. The van der Waals surface area contributed by atoms with E-state index in [-0.39, 0.29) is 18.2 Å². The molecule has 0 spiro atoms. The number of carbonyl (C=O) groups excluding carboxylic acids is 2. The summed E-state index contributed by atoms with van der Waals surface area (Å²) >= 11 is 0. The summed E-state index contributed by atoms with van der Waals surface area (Å²) in [7, 11) is 5.69. The van der Waals surface area contributed by atoms with Gasteiger partial charge in [0.05, 0.1) is 23.4 Å².